The van der Waals surface area contributed by atoms with Crippen LogP contribution in [0.15, 0.2) is 0 Å². The van der Waals surface area contributed by atoms with E-state index in [1.165, 1.54) is 0 Å². The van der Waals surface area contributed by atoms with E-state index in [1.54, 1.807) is 0 Å². The van der Waals surface area contributed by atoms with Gasteiger partial charge in [-0.05, 0) is 0 Å². The molecule has 0 amide bonds. The van der Waals surface area contributed by atoms with Gasteiger partial charge in [0.15, 0.2) is 0 Å². The molecule has 0 saturated heterocycles. The van der Waals surface area contributed by atoms with Crippen LogP contribution in [0.4, 0.5) is 0 Å². The minimum atomic E-state index is 0. The van der Waals surface area contributed by atoms with Gasteiger partial charge in [-0.3, -0.25) is 0 Å². The number of hydrogen-bond donors (Lipinski definition) is 0. The molecule has 0 aliphatic carbocycles. The van der Waals surface area contributed by atoms with E-state index in [4.69, 9.17) is 0 Å². The Morgan fingerprint density at radius 1 is 0.800 bits per heavy atom. The van der Waals surface area contributed by atoms with Crippen LogP contribution in [-0.4, -0.2) is 107 Å². The predicted molar refractivity (Wildman–Crippen MR) is 31.1 cm³/mol. The summed E-state index contributed by atoms with van der Waals surface area (Å²) in [6.07, 6.45) is 0. The third-order valence-electron chi connectivity index (χ3n) is 0. The van der Waals surface area contributed by atoms with E-state index in [-0.39, 0.29) is 37.7 Å². The van der Waals surface area contributed by atoms with Gasteiger partial charge in [0.2, 0.25) is 0 Å². The Balaban J connectivity index is -0.0000000133. The Kier molecular flexibility index (Phi) is 77.0. The molecule has 0 aromatic carbocycles. The van der Waals surface area contributed by atoms with Crippen molar-refractivity contribution < 1.29 is 0 Å². The fourth-order valence-electron chi connectivity index (χ4n) is 0. The maximum absolute atomic E-state index is 3.65. The van der Waals surface area contributed by atoms with Crippen molar-refractivity contribution in [3.8, 4) is 0 Å². The summed E-state index contributed by atoms with van der Waals surface area (Å²) >= 11 is 2.14. The van der Waals surface area contributed by atoms with E-state index in [9.17, 15) is 0 Å². The van der Waals surface area contributed by atoms with E-state index >= 15 is 0 Å². The summed E-state index contributed by atoms with van der Waals surface area (Å²) < 4.78 is 7.31. The normalized spacial score (nSPS) is 2.40. The fourth-order valence-corrected chi connectivity index (χ4v) is 0. The van der Waals surface area contributed by atoms with Crippen LogP contribution >= 0.6 is 8.33 Å². The van der Waals surface area contributed by atoms with Gasteiger partial charge in [0.05, 0.1) is 0 Å². The molecule has 0 spiro atoms. The van der Waals surface area contributed by atoms with Crippen LogP contribution in [0.3, 0.4) is 0 Å². The molecule has 0 heterocycles. The average molecular weight is 182 g/mol. The van der Waals surface area contributed by atoms with Crippen molar-refractivity contribution in [3.63, 3.8) is 0 Å². The second kappa shape index (κ2) is 23.8. The summed E-state index contributed by atoms with van der Waals surface area (Å²) in [7, 11) is 0. The maximum atomic E-state index is 3.65. The van der Waals surface area contributed by atoms with E-state index in [2.05, 4.69) is 8.33 Å². The Bertz CT molecular complexity index is 6.85. The van der Waals surface area contributed by atoms with Gasteiger partial charge in [0, 0.05) is 0 Å². The van der Waals surface area contributed by atoms with Crippen molar-refractivity contribution in [1.29, 1.82) is 0 Å². The second-order valence-electron chi connectivity index (χ2n) is 0. The van der Waals surface area contributed by atoms with Gasteiger partial charge in [-0.15, -0.1) is 0 Å². The Labute approximate surface area is 111 Å². The number of rotatable bonds is 0. The Morgan fingerprint density at radius 3 is 0.800 bits per heavy atom. The summed E-state index contributed by atoms with van der Waals surface area (Å²) in [5.41, 5.74) is 0. The summed E-state index contributed by atoms with van der Waals surface area (Å²) in [4.78, 5) is 0. The van der Waals surface area contributed by atoms with Crippen molar-refractivity contribution in [3.05, 3.63) is 0 Å². The van der Waals surface area contributed by atoms with Crippen LogP contribution in [0.2, 0.25) is 0 Å². The molecule has 0 nitrogen and oxygen atoms in total. The summed E-state index contributed by atoms with van der Waals surface area (Å²) in [6.45, 7) is 0. The Morgan fingerprint density at radius 2 is 0.800 bits per heavy atom. The second-order valence-corrected chi connectivity index (χ2v) is 0. The van der Waals surface area contributed by atoms with Crippen LogP contribution in [0.5, 0.6) is 0 Å². The van der Waals surface area contributed by atoms with Crippen molar-refractivity contribution >= 4 is 115 Å². The van der Waals surface area contributed by atoms with Crippen LogP contribution in [0.1, 0.15) is 0 Å². The zero-order valence-corrected chi connectivity index (χ0v) is 11.4. The molecule has 16 valence electrons. The van der Waals surface area contributed by atoms with Gasteiger partial charge >= 0.3 is 115 Å². The number of hydrogen-bond acceptors (Lipinski definition) is 0. The van der Waals surface area contributed by atoms with Crippen molar-refractivity contribution in [2.24, 2.45) is 0 Å². The van der Waals surface area contributed by atoms with Crippen LogP contribution in [-0.2, 0) is 0 Å². The third-order valence-corrected chi connectivity index (χ3v) is 0. The van der Waals surface area contributed by atoms with Crippen molar-refractivity contribution in [2.45, 2.75) is 0 Å². The van der Waals surface area contributed by atoms with Crippen LogP contribution in [0.25, 0.3) is 0 Å². The third kappa shape index (κ3) is 17.8. The summed E-state index contributed by atoms with van der Waals surface area (Å²) in [5, 5.41) is 0. The molecule has 0 N–H and O–H groups in total. The fraction of sp³-hybridized carbons (Fsp3) is 0. The molecule has 0 aliphatic rings. The molecule has 0 aromatic heterocycles. The van der Waals surface area contributed by atoms with E-state index in [0.717, 1.165) is 69.0 Å². The van der Waals surface area contributed by atoms with Crippen LogP contribution in [0, 0.1) is 0 Å². The van der Waals surface area contributed by atoms with Crippen LogP contribution < -0.4 is 0 Å². The van der Waals surface area contributed by atoms with E-state index in [1.807, 2.05) is 0 Å². The molecular weight excluding hydrogens is 182 g/mol. The minimum absolute atomic E-state index is 0. The molecule has 5 heavy (non-hydrogen) atoms. The van der Waals surface area contributed by atoms with E-state index < -0.39 is 0 Å². The molecule has 0 bridgehead atoms. The van der Waals surface area contributed by atoms with Gasteiger partial charge in [-0.25, -0.2) is 0 Å². The van der Waals surface area contributed by atoms with Gasteiger partial charge < -0.3 is 0 Å². The zero-order valence-electron chi connectivity index (χ0n) is 3.02. The first kappa shape index (κ1) is 16.2. The van der Waals surface area contributed by atoms with Crippen molar-refractivity contribution in [2.75, 3.05) is 0 Å². The molecule has 0 rings (SSSR count). The molecule has 0 fully saturated rings. The van der Waals surface area contributed by atoms with Crippen molar-refractivity contribution in [1.82, 2.24) is 0 Å². The quantitative estimate of drug-likeness (QED) is 0.380. The predicted octanol–water partition coefficient (Wildman–Crippen LogP) is 0.580. The molecule has 0 aliphatic heterocycles. The first-order valence-electron chi connectivity index (χ1n) is 0.632. The molecule has 0 aromatic rings. The van der Waals surface area contributed by atoms with Gasteiger partial charge in [0.25, 0.3) is 0 Å². The van der Waals surface area contributed by atoms with Gasteiger partial charge in [-0.2, -0.15) is 0 Å². The first-order chi connectivity index (χ1) is 2.00. The molecule has 0 saturated carbocycles. The zero-order chi connectivity index (χ0) is 4.00. The molecule has 5 heteroatoms. The van der Waals surface area contributed by atoms with E-state index in [0.29, 0.717) is 0 Å². The SMILES string of the molecule is [Ca+2].[P-]=[Ca].[P-]=[Ca]. The topological polar surface area (TPSA) is 0 Å². The molecule has 0 radical (unpaired) electrons. The Hall–Kier alpha value is 4.38. The van der Waals surface area contributed by atoms with Gasteiger partial charge in [-0.1, -0.05) is 0 Å². The monoisotopic (exact) mass is 182 g/mol. The average Bonchev–Trinajstić information content (AvgIpc) is 1.50. The molecule has 0 atom stereocenters. The molecular formula is Ca3P2. The summed E-state index contributed by atoms with van der Waals surface area (Å²) in [5.74, 6) is 0. The first-order valence-corrected chi connectivity index (χ1v) is 7.82. The molecule has 0 unspecified atom stereocenters. The summed E-state index contributed by atoms with van der Waals surface area (Å²) in [6, 6.07) is 0. The standard InChI is InChI=1S/3Ca.2P/q;;+2;2*-1. The van der Waals surface area contributed by atoms with Gasteiger partial charge in [0.1, 0.15) is 0 Å².